The summed E-state index contributed by atoms with van der Waals surface area (Å²) in [5, 5.41) is 11.4. The van der Waals surface area contributed by atoms with E-state index in [2.05, 4.69) is 15.5 Å². The van der Waals surface area contributed by atoms with Crippen molar-refractivity contribution in [2.24, 2.45) is 12.8 Å². The Hall–Kier alpha value is -3.25. The summed E-state index contributed by atoms with van der Waals surface area (Å²) < 4.78 is 19.6. The quantitative estimate of drug-likeness (QED) is 0.407. The van der Waals surface area contributed by atoms with E-state index in [0.29, 0.717) is 22.1 Å². The van der Waals surface area contributed by atoms with Crippen molar-refractivity contribution in [3.63, 3.8) is 0 Å². The molecule has 12 heteroatoms. The highest BCUT2D eigenvalue weighted by molar-refractivity contribution is 7.99. The molecule has 1 aromatic carbocycles. The molecule has 162 valence electrons. The van der Waals surface area contributed by atoms with E-state index in [-0.39, 0.29) is 27.0 Å². The number of nitrogens with two attached hydrogens (primary N) is 1. The Morgan fingerprint density at radius 3 is 2.55 bits per heavy atom. The summed E-state index contributed by atoms with van der Waals surface area (Å²) in [6.07, 6.45) is 0. The summed E-state index contributed by atoms with van der Waals surface area (Å²) in [6.45, 7) is 1.56. The van der Waals surface area contributed by atoms with Gasteiger partial charge in [0.25, 0.3) is 5.91 Å². The molecule has 0 atom stereocenters. The number of aromatic nitrogens is 3. The summed E-state index contributed by atoms with van der Waals surface area (Å²) in [7, 11) is 2.94. The fourth-order valence-electron chi connectivity index (χ4n) is 2.77. The number of anilines is 1. The minimum Gasteiger partial charge on any atom is -0.465 e. The molecule has 3 rings (SSSR count). The van der Waals surface area contributed by atoms with Crippen LogP contribution in [-0.2, 0) is 16.6 Å². The van der Waals surface area contributed by atoms with Gasteiger partial charge in [-0.3, -0.25) is 9.59 Å². The van der Waals surface area contributed by atoms with Gasteiger partial charge in [-0.25, -0.2) is 9.18 Å². The summed E-state index contributed by atoms with van der Waals surface area (Å²) in [6, 6.07) is 5.83. The minimum absolute atomic E-state index is 0.0289. The second kappa shape index (κ2) is 9.27. The van der Waals surface area contributed by atoms with Crippen molar-refractivity contribution in [3.8, 4) is 11.4 Å². The molecular formula is C19H18FN5O4S2. The number of halogens is 1. The van der Waals surface area contributed by atoms with Gasteiger partial charge in [0.15, 0.2) is 11.0 Å². The van der Waals surface area contributed by atoms with E-state index in [1.54, 1.807) is 30.7 Å². The molecule has 0 aliphatic carbocycles. The Kier molecular flexibility index (Phi) is 6.71. The number of hydrogen-bond acceptors (Lipinski definition) is 8. The predicted octanol–water partition coefficient (Wildman–Crippen LogP) is 2.61. The van der Waals surface area contributed by atoms with Crippen molar-refractivity contribution in [1.82, 2.24) is 14.8 Å². The van der Waals surface area contributed by atoms with Crippen molar-refractivity contribution < 1.29 is 23.5 Å². The molecule has 3 N–H and O–H groups in total. The molecule has 0 saturated carbocycles. The highest BCUT2D eigenvalue weighted by Crippen LogP contribution is 2.33. The Balaban J connectivity index is 1.73. The van der Waals surface area contributed by atoms with E-state index in [1.165, 1.54) is 19.2 Å². The SMILES string of the molecule is COC(=O)c1c(NC(=O)CSc2nnc(-c3ccc(F)cc3)n2C)sc(C(N)=O)c1C. The Morgan fingerprint density at radius 1 is 1.26 bits per heavy atom. The van der Waals surface area contributed by atoms with Crippen LogP contribution in [0.25, 0.3) is 11.4 Å². The molecule has 0 bridgehead atoms. The Morgan fingerprint density at radius 2 is 1.94 bits per heavy atom. The zero-order chi connectivity index (χ0) is 22.7. The number of nitrogens with zero attached hydrogens (tertiary/aromatic N) is 3. The molecule has 3 aromatic rings. The van der Waals surface area contributed by atoms with Crippen LogP contribution in [0, 0.1) is 12.7 Å². The summed E-state index contributed by atoms with van der Waals surface area (Å²) >= 11 is 2.04. The van der Waals surface area contributed by atoms with Gasteiger partial charge < -0.3 is 20.4 Å². The average molecular weight is 464 g/mol. The lowest BCUT2D eigenvalue weighted by Gasteiger charge is -2.06. The number of thiophene rings is 1. The van der Waals surface area contributed by atoms with Crippen LogP contribution in [0.5, 0.6) is 0 Å². The van der Waals surface area contributed by atoms with E-state index in [0.717, 1.165) is 23.1 Å². The van der Waals surface area contributed by atoms with E-state index in [1.807, 2.05) is 0 Å². The number of benzene rings is 1. The van der Waals surface area contributed by atoms with Gasteiger partial charge in [-0.05, 0) is 36.8 Å². The second-order valence-electron chi connectivity index (χ2n) is 6.33. The third kappa shape index (κ3) is 4.75. The van der Waals surface area contributed by atoms with Crippen LogP contribution >= 0.6 is 23.1 Å². The van der Waals surface area contributed by atoms with Crippen molar-refractivity contribution in [1.29, 1.82) is 0 Å². The number of hydrogen-bond donors (Lipinski definition) is 2. The van der Waals surface area contributed by atoms with Gasteiger partial charge >= 0.3 is 5.97 Å². The number of nitrogens with one attached hydrogen (secondary N) is 1. The topological polar surface area (TPSA) is 129 Å². The minimum atomic E-state index is -0.699. The number of amides is 2. The lowest BCUT2D eigenvalue weighted by molar-refractivity contribution is -0.113. The maximum atomic E-state index is 13.1. The molecule has 0 radical (unpaired) electrons. The normalized spacial score (nSPS) is 10.7. The maximum absolute atomic E-state index is 13.1. The van der Waals surface area contributed by atoms with Crippen molar-refractivity contribution in [2.45, 2.75) is 12.1 Å². The van der Waals surface area contributed by atoms with Gasteiger partial charge in [0.2, 0.25) is 5.91 Å². The fourth-order valence-corrected chi connectivity index (χ4v) is 4.54. The zero-order valence-corrected chi connectivity index (χ0v) is 18.4. The van der Waals surface area contributed by atoms with E-state index in [9.17, 15) is 18.8 Å². The Labute approximate surface area is 184 Å². The summed E-state index contributed by atoms with van der Waals surface area (Å²) in [4.78, 5) is 36.3. The molecule has 0 fully saturated rings. The second-order valence-corrected chi connectivity index (χ2v) is 8.29. The van der Waals surface area contributed by atoms with Crippen LogP contribution < -0.4 is 11.1 Å². The standard InChI is InChI=1S/C19H18FN5O4S2/c1-9-13(18(28)29-3)17(31-14(9)15(21)27)22-12(26)8-30-19-24-23-16(25(19)2)10-4-6-11(20)7-5-10/h4-7H,8H2,1-3H3,(H2,21,27)(H,22,26). The van der Waals surface area contributed by atoms with Crippen LogP contribution in [0.1, 0.15) is 25.6 Å². The number of rotatable bonds is 7. The molecule has 2 amide bonds. The van der Waals surface area contributed by atoms with E-state index >= 15 is 0 Å². The summed E-state index contributed by atoms with van der Waals surface area (Å²) in [5.41, 5.74) is 6.47. The number of thioether (sulfide) groups is 1. The van der Waals surface area contributed by atoms with Gasteiger partial charge in [0.05, 0.1) is 23.3 Å². The molecule has 0 aliphatic heterocycles. The number of primary amides is 1. The molecule has 2 heterocycles. The number of carbonyl (C=O) groups is 3. The third-order valence-electron chi connectivity index (χ3n) is 4.28. The Bertz CT molecular complexity index is 1160. The van der Waals surface area contributed by atoms with Gasteiger partial charge in [-0.2, -0.15) is 0 Å². The van der Waals surface area contributed by atoms with Gasteiger partial charge in [-0.1, -0.05) is 11.8 Å². The van der Waals surface area contributed by atoms with Crippen molar-refractivity contribution in [3.05, 3.63) is 46.1 Å². The molecule has 2 aromatic heterocycles. The zero-order valence-electron chi connectivity index (χ0n) is 16.8. The van der Waals surface area contributed by atoms with Crippen LogP contribution in [0.3, 0.4) is 0 Å². The average Bonchev–Trinajstić information content (AvgIpc) is 3.26. The lowest BCUT2D eigenvalue weighted by atomic mass is 10.1. The first-order chi connectivity index (χ1) is 14.7. The monoisotopic (exact) mass is 463 g/mol. The molecular weight excluding hydrogens is 445 g/mol. The van der Waals surface area contributed by atoms with Crippen LogP contribution in [-0.4, -0.2) is 45.4 Å². The molecule has 0 saturated heterocycles. The van der Waals surface area contributed by atoms with Gasteiger partial charge in [0, 0.05) is 12.6 Å². The van der Waals surface area contributed by atoms with Gasteiger partial charge in [-0.15, -0.1) is 21.5 Å². The number of carbonyl (C=O) groups excluding carboxylic acids is 3. The molecule has 0 unspecified atom stereocenters. The van der Waals surface area contributed by atoms with Crippen LogP contribution in [0.2, 0.25) is 0 Å². The first kappa shape index (κ1) is 22.4. The first-order valence-electron chi connectivity index (χ1n) is 8.82. The number of ether oxygens (including phenoxy) is 1. The summed E-state index contributed by atoms with van der Waals surface area (Å²) in [5.74, 6) is -1.66. The molecule has 0 spiro atoms. The number of methoxy groups -OCH3 is 1. The van der Waals surface area contributed by atoms with Gasteiger partial charge in [0.1, 0.15) is 10.8 Å². The van der Waals surface area contributed by atoms with Crippen molar-refractivity contribution >= 4 is 45.9 Å². The van der Waals surface area contributed by atoms with Crippen molar-refractivity contribution in [2.75, 3.05) is 18.2 Å². The third-order valence-corrected chi connectivity index (χ3v) is 6.52. The number of esters is 1. The van der Waals surface area contributed by atoms with E-state index < -0.39 is 17.8 Å². The van der Waals surface area contributed by atoms with E-state index in [4.69, 9.17) is 10.5 Å². The largest absolute Gasteiger partial charge is 0.465 e. The first-order valence-corrected chi connectivity index (χ1v) is 10.6. The van der Waals surface area contributed by atoms with Crippen LogP contribution in [0.15, 0.2) is 29.4 Å². The highest BCUT2D eigenvalue weighted by Gasteiger charge is 2.25. The predicted molar refractivity (Wildman–Crippen MR) is 115 cm³/mol. The lowest BCUT2D eigenvalue weighted by Crippen LogP contribution is -2.16. The smallest absolute Gasteiger partial charge is 0.341 e. The fraction of sp³-hybridized carbons (Fsp3) is 0.211. The molecule has 0 aliphatic rings. The maximum Gasteiger partial charge on any atom is 0.341 e. The molecule has 9 nitrogen and oxygen atoms in total. The highest BCUT2D eigenvalue weighted by atomic mass is 32.2. The van der Waals surface area contributed by atoms with Crippen LogP contribution in [0.4, 0.5) is 9.39 Å². The molecule has 31 heavy (non-hydrogen) atoms.